The molecule has 56 heavy (non-hydrogen) atoms. The topological polar surface area (TPSA) is 438 Å². The molecule has 0 aromatic carbocycles. The Bertz CT molecular complexity index is 1160. The van der Waals surface area contributed by atoms with E-state index in [1.54, 1.807) is 0 Å². The maximum atomic E-state index is 11.3. The van der Waals surface area contributed by atoms with Crippen LogP contribution in [-0.2, 0) is 37.9 Å². The van der Waals surface area contributed by atoms with E-state index in [1.807, 2.05) is 0 Å². The van der Waals surface area contributed by atoms with Crippen LogP contribution in [0.2, 0.25) is 0 Å². The van der Waals surface area contributed by atoms with E-state index in [4.69, 9.17) is 37.9 Å². The second kappa shape index (κ2) is 21.0. The van der Waals surface area contributed by atoms with Crippen molar-refractivity contribution in [3.63, 3.8) is 0 Å². The standard InChI is InChI=1S/C30H54O26/c31-1-7(37)13(39)23(8(38)2-32)53-28-20(46)25(16(42)10(4-34)50-28)55-30-22(48)26(17(43)12(6-36)52-30)56-29-21(47)24(15(41)11(5-35)51-29)54-27-19(45)18(44)14(40)9(3-33)49-27/h7-48H,1-6H2/t7-,8+,9-,10-,11-,12-,13-,14-,15-,16-,17-,18+,19-,20-,21-,22-,23-,24+,25+,26+,27-,28-,29-,30-/m1/s1. The molecule has 26 heteroatoms. The summed E-state index contributed by atoms with van der Waals surface area (Å²) >= 11 is 0. The molecule has 0 amide bonds. The van der Waals surface area contributed by atoms with Crippen molar-refractivity contribution in [3.05, 3.63) is 0 Å². The highest BCUT2D eigenvalue weighted by Crippen LogP contribution is 2.35. The van der Waals surface area contributed by atoms with Crippen LogP contribution in [0.1, 0.15) is 0 Å². The zero-order valence-corrected chi connectivity index (χ0v) is 29.4. The van der Waals surface area contributed by atoms with E-state index in [-0.39, 0.29) is 0 Å². The third-order valence-corrected chi connectivity index (χ3v) is 9.96. The predicted molar refractivity (Wildman–Crippen MR) is 169 cm³/mol. The van der Waals surface area contributed by atoms with Gasteiger partial charge in [-0.25, -0.2) is 0 Å². The first-order valence-corrected chi connectivity index (χ1v) is 17.5. The average Bonchev–Trinajstić information content (AvgIpc) is 3.19. The van der Waals surface area contributed by atoms with Gasteiger partial charge in [-0.3, -0.25) is 0 Å². The van der Waals surface area contributed by atoms with Crippen molar-refractivity contribution < 1.29 is 130 Å². The molecule has 0 aromatic heterocycles. The first-order chi connectivity index (χ1) is 26.5. The fourth-order valence-corrected chi connectivity index (χ4v) is 6.61. The Hall–Kier alpha value is -1.04. The van der Waals surface area contributed by atoms with Crippen LogP contribution >= 0.6 is 0 Å². The van der Waals surface area contributed by atoms with Crippen molar-refractivity contribution in [1.82, 2.24) is 0 Å². The summed E-state index contributed by atoms with van der Waals surface area (Å²) in [6.07, 6.45) is -46.5. The normalized spacial score (nSPS) is 47.2. The van der Waals surface area contributed by atoms with E-state index in [1.165, 1.54) is 0 Å². The third kappa shape index (κ3) is 10.1. The molecule has 4 aliphatic heterocycles. The molecule has 4 rings (SSSR count). The molecular formula is C30H54O26. The minimum Gasteiger partial charge on any atom is -0.394 e. The predicted octanol–water partition coefficient (Wildman–Crippen LogP) is -12.3. The highest BCUT2D eigenvalue weighted by Gasteiger charge is 2.56. The van der Waals surface area contributed by atoms with Gasteiger partial charge in [0.1, 0.15) is 122 Å². The number of aliphatic hydroxyl groups is 18. The van der Waals surface area contributed by atoms with Crippen molar-refractivity contribution in [3.8, 4) is 0 Å². The second-order valence-corrected chi connectivity index (χ2v) is 13.7. The summed E-state index contributed by atoms with van der Waals surface area (Å²) in [4.78, 5) is 0. The fraction of sp³-hybridized carbons (Fsp3) is 1.00. The second-order valence-electron chi connectivity index (χ2n) is 13.7. The molecular weight excluding hydrogens is 776 g/mol. The lowest BCUT2D eigenvalue weighted by molar-refractivity contribution is -0.392. The first kappa shape index (κ1) is 47.6. The summed E-state index contributed by atoms with van der Waals surface area (Å²) in [5.74, 6) is 0. The molecule has 0 unspecified atom stereocenters. The van der Waals surface area contributed by atoms with Gasteiger partial charge >= 0.3 is 0 Å². The molecule has 24 atom stereocenters. The maximum absolute atomic E-state index is 11.3. The van der Waals surface area contributed by atoms with Gasteiger partial charge in [0.25, 0.3) is 0 Å². The zero-order chi connectivity index (χ0) is 41.8. The summed E-state index contributed by atoms with van der Waals surface area (Å²) < 4.78 is 43.8. The molecule has 0 aromatic rings. The average molecular weight is 831 g/mol. The van der Waals surface area contributed by atoms with Crippen LogP contribution in [0.3, 0.4) is 0 Å². The van der Waals surface area contributed by atoms with E-state index in [0.717, 1.165) is 0 Å². The molecule has 4 aliphatic rings. The van der Waals surface area contributed by atoms with Gasteiger partial charge in [-0.15, -0.1) is 0 Å². The van der Waals surface area contributed by atoms with Gasteiger partial charge in [-0.2, -0.15) is 0 Å². The molecule has 330 valence electrons. The summed E-state index contributed by atoms with van der Waals surface area (Å²) in [6, 6.07) is 0. The highest BCUT2D eigenvalue weighted by molar-refractivity contribution is 4.98. The Labute approximate surface area is 317 Å². The Morgan fingerprint density at radius 1 is 0.375 bits per heavy atom. The van der Waals surface area contributed by atoms with Gasteiger partial charge in [0, 0.05) is 0 Å². The molecule has 4 saturated heterocycles. The van der Waals surface area contributed by atoms with Crippen molar-refractivity contribution in [2.75, 3.05) is 39.6 Å². The number of hydrogen-bond acceptors (Lipinski definition) is 26. The maximum Gasteiger partial charge on any atom is 0.187 e. The SMILES string of the molecule is OC[C@@H](O)[C@@H](O)[C@H](O[C@H]1O[C@H](CO)[C@@H](O)[C@H](O[C@H]2O[C@H](CO)[C@@H](O)[C@H](O[C@H]3O[C@H](CO)[C@@H](O)[C@H](O[C@H]4O[C@H](CO)[C@@H](O)[C@H](O)[C@H]4O)[C@H]3O)[C@H]2O)[C@H]1O)[C@@H](O)CO. The Kier molecular flexibility index (Phi) is 17.8. The van der Waals surface area contributed by atoms with Crippen molar-refractivity contribution in [2.24, 2.45) is 0 Å². The summed E-state index contributed by atoms with van der Waals surface area (Å²) in [7, 11) is 0. The summed E-state index contributed by atoms with van der Waals surface area (Å²) in [6.45, 7) is -5.91. The summed E-state index contributed by atoms with van der Waals surface area (Å²) in [5, 5.41) is 186. The number of aliphatic hydroxyl groups excluding tert-OH is 18. The Morgan fingerprint density at radius 3 is 1.05 bits per heavy atom. The van der Waals surface area contributed by atoms with Gasteiger partial charge in [0.2, 0.25) is 0 Å². The lowest BCUT2D eigenvalue weighted by Crippen LogP contribution is -2.68. The van der Waals surface area contributed by atoms with Crippen molar-refractivity contribution >= 4 is 0 Å². The molecule has 4 heterocycles. The van der Waals surface area contributed by atoms with Crippen molar-refractivity contribution in [1.29, 1.82) is 0 Å². The molecule has 0 aliphatic carbocycles. The lowest BCUT2D eigenvalue weighted by Gasteiger charge is -2.49. The van der Waals surface area contributed by atoms with Crippen LogP contribution in [0.25, 0.3) is 0 Å². The van der Waals surface area contributed by atoms with Crippen LogP contribution in [0.4, 0.5) is 0 Å². The smallest absolute Gasteiger partial charge is 0.187 e. The minimum atomic E-state index is -2.20. The quantitative estimate of drug-likeness (QED) is 0.0647. The molecule has 26 nitrogen and oxygen atoms in total. The van der Waals surface area contributed by atoms with Gasteiger partial charge in [0.15, 0.2) is 25.2 Å². The zero-order valence-electron chi connectivity index (χ0n) is 29.4. The molecule has 0 bridgehead atoms. The van der Waals surface area contributed by atoms with Gasteiger partial charge in [0.05, 0.1) is 39.6 Å². The Balaban J connectivity index is 1.55. The monoisotopic (exact) mass is 830 g/mol. The van der Waals surface area contributed by atoms with Crippen LogP contribution in [0, 0.1) is 0 Å². The number of hydrogen-bond donors (Lipinski definition) is 18. The van der Waals surface area contributed by atoms with Gasteiger partial charge in [-0.1, -0.05) is 0 Å². The molecule has 0 spiro atoms. The number of ether oxygens (including phenoxy) is 8. The van der Waals surface area contributed by atoms with Gasteiger partial charge < -0.3 is 130 Å². The highest BCUT2D eigenvalue weighted by atomic mass is 16.8. The summed E-state index contributed by atoms with van der Waals surface area (Å²) in [5.41, 5.74) is 0. The third-order valence-electron chi connectivity index (χ3n) is 9.96. The number of rotatable bonds is 17. The molecule has 4 fully saturated rings. The first-order valence-electron chi connectivity index (χ1n) is 17.5. The van der Waals surface area contributed by atoms with E-state index in [2.05, 4.69) is 0 Å². The van der Waals surface area contributed by atoms with E-state index in [0.29, 0.717) is 0 Å². The minimum absolute atomic E-state index is 0.856. The largest absolute Gasteiger partial charge is 0.394 e. The van der Waals surface area contributed by atoms with E-state index in [9.17, 15) is 91.9 Å². The molecule has 0 saturated carbocycles. The van der Waals surface area contributed by atoms with Crippen molar-refractivity contribution in [2.45, 2.75) is 147 Å². The van der Waals surface area contributed by atoms with E-state index >= 15 is 0 Å². The van der Waals surface area contributed by atoms with Crippen LogP contribution in [0.5, 0.6) is 0 Å². The van der Waals surface area contributed by atoms with Crippen LogP contribution in [-0.4, -0.2) is 279 Å². The fourth-order valence-electron chi connectivity index (χ4n) is 6.61. The Morgan fingerprint density at radius 2 is 0.696 bits per heavy atom. The lowest BCUT2D eigenvalue weighted by atomic mass is 9.95. The molecule has 0 radical (unpaired) electrons. The van der Waals surface area contributed by atoms with Crippen LogP contribution < -0.4 is 0 Å². The molecule has 18 N–H and O–H groups in total. The van der Waals surface area contributed by atoms with E-state index < -0.39 is 187 Å². The van der Waals surface area contributed by atoms with Gasteiger partial charge in [-0.05, 0) is 0 Å². The van der Waals surface area contributed by atoms with Crippen LogP contribution in [0.15, 0.2) is 0 Å².